The van der Waals surface area contributed by atoms with Crippen LogP contribution in [0.1, 0.15) is 13.8 Å². The van der Waals surface area contributed by atoms with Crippen LogP contribution in [0.3, 0.4) is 0 Å². The van der Waals surface area contributed by atoms with Gasteiger partial charge in [0.1, 0.15) is 0 Å². The van der Waals surface area contributed by atoms with E-state index >= 15 is 0 Å². The van der Waals surface area contributed by atoms with Crippen LogP contribution in [0.5, 0.6) is 11.5 Å². The predicted octanol–water partition coefficient (Wildman–Crippen LogP) is 1.68. The Morgan fingerprint density at radius 2 is 1.94 bits per heavy atom. The minimum atomic E-state index is -3.67. The zero-order valence-electron chi connectivity index (χ0n) is 9.79. The second-order valence-corrected chi connectivity index (χ2v) is 4.50. The summed E-state index contributed by atoms with van der Waals surface area (Å²) in [5, 5.41) is 2.49. The molecule has 0 aromatic heterocycles. The Labute approximate surface area is 102 Å². The van der Waals surface area contributed by atoms with Gasteiger partial charge in [0.15, 0.2) is 11.5 Å². The molecule has 7 heteroatoms. The van der Waals surface area contributed by atoms with Gasteiger partial charge in [0.05, 0.1) is 5.54 Å². The van der Waals surface area contributed by atoms with Crippen LogP contribution in [-0.4, -0.2) is 17.7 Å². The molecule has 0 spiro atoms. The third kappa shape index (κ3) is 2.51. The van der Waals surface area contributed by atoms with Crippen molar-refractivity contribution in [2.45, 2.75) is 25.7 Å². The molecule has 0 unspecified atom stereocenters. The molecule has 98 valence electrons. The van der Waals surface area contributed by atoms with Gasteiger partial charge in [-0.25, -0.2) is 0 Å². The molecule has 1 aromatic carbocycles. The van der Waals surface area contributed by atoms with Crippen molar-refractivity contribution in [1.82, 2.24) is 0 Å². The quantitative estimate of drug-likeness (QED) is 0.846. The first-order chi connectivity index (χ1) is 8.17. The fourth-order valence-electron chi connectivity index (χ4n) is 1.32. The molecule has 5 nitrogen and oxygen atoms in total. The number of nitrogens with two attached hydrogens (primary N) is 1. The lowest BCUT2D eigenvalue weighted by Crippen LogP contribution is -2.45. The number of benzene rings is 1. The van der Waals surface area contributed by atoms with Crippen LogP contribution in [0.2, 0.25) is 0 Å². The monoisotopic (exact) mass is 258 g/mol. The third-order valence-corrected chi connectivity index (χ3v) is 2.24. The number of carbonyl (C=O) groups is 1. The van der Waals surface area contributed by atoms with Crippen LogP contribution in [0, 0.1) is 0 Å². The highest BCUT2D eigenvalue weighted by molar-refractivity contribution is 5.97. The summed E-state index contributed by atoms with van der Waals surface area (Å²) < 4.78 is 34.0. The molecule has 0 saturated heterocycles. The number of rotatable bonds is 2. The summed E-state index contributed by atoms with van der Waals surface area (Å²) in [7, 11) is 0. The second-order valence-electron chi connectivity index (χ2n) is 4.50. The van der Waals surface area contributed by atoms with Gasteiger partial charge in [0.2, 0.25) is 5.91 Å². The molecule has 0 bridgehead atoms. The number of amides is 1. The summed E-state index contributed by atoms with van der Waals surface area (Å²) in [5.41, 5.74) is 4.83. The SMILES string of the molecule is CC(C)(N)C(=O)Nc1ccc2c(c1)OC(F)(F)O2. The molecule has 0 saturated carbocycles. The van der Waals surface area contributed by atoms with Crippen molar-refractivity contribution in [2.24, 2.45) is 5.73 Å². The Hall–Kier alpha value is -1.89. The van der Waals surface area contributed by atoms with Crippen LogP contribution in [-0.2, 0) is 4.79 Å². The first kappa shape index (κ1) is 12.6. The molecule has 1 amide bonds. The fraction of sp³-hybridized carbons (Fsp3) is 0.364. The number of alkyl halides is 2. The van der Waals surface area contributed by atoms with Crippen molar-refractivity contribution >= 4 is 11.6 Å². The van der Waals surface area contributed by atoms with Gasteiger partial charge in [-0.15, -0.1) is 8.78 Å². The fourth-order valence-corrected chi connectivity index (χ4v) is 1.32. The maximum Gasteiger partial charge on any atom is 0.586 e. The molecular weight excluding hydrogens is 246 g/mol. The van der Waals surface area contributed by atoms with E-state index in [-0.39, 0.29) is 11.5 Å². The highest BCUT2D eigenvalue weighted by Gasteiger charge is 2.43. The van der Waals surface area contributed by atoms with Crippen molar-refractivity contribution in [1.29, 1.82) is 0 Å². The highest BCUT2D eigenvalue weighted by Crippen LogP contribution is 2.42. The molecule has 1 aliphatic heterocycles. The molecule has 0 fully saturated rings. The van der Waals surface area contributed by atoms with Crippen LogP contribution >= 0.6 is 0 Å². The van der Waals surface area contributed by atoms with E-state index in [1.54, 1.807) is 0 Å². The molecule has 1 aliphatic rings. The number of ether oxygens (including phenoxy) is 2. The van der Waals surface area contributed by atoms with Crippen molar-refractivity contribution in [3.63, 3.8) is 0 Å². The first-order valence-corrected chi connectivity index (χ1v) is 5.18. The van der Waals surface area contributed by atoms with Gasteiger partial charge in [-0.3, -0.25) is 4.79 Å². The van der Waals surface area contributed by atoms with Gasteiger partial charge in [-0.05, 0) is 26.0 Å². The summed E-state index contributed by atoms with van der Waals surface area (Å²) in [6.45, 7) is 3.06. The van der Waals surface area contributed by atoms with E-state index in [2.05, 4.69) is 14.8 Å². The molecule has 0 aliphatic carbocycles. The van der Waals surface area contributed by atoms with Gasteiger partial charge in [0.25, 0.3) is 0 Å². The minimum absolute atomic E-state index is 0.0787. The van der Waals surface area contributed by atoms with Gasteiger partial charge < -0.3 is 20.5 Å². The Kier molecular flexibility index (Phi) is 2.66. The van der Waals surface area contributed by atoms with Gasteiger partial charge >= 0.3 is 6.29 Å². The zero-order chi connectivity index (χ0) is 13.6. The summed E-state index contributed by atoms with van der Waals surface area (Å²) in [5.74, 6) is -0.647. The summed E-state index contributed by atoms with van der Waals surface area (Å²) in [6.07, 6.45) is -3.67. The van der Waals surface area contributed by atoms with Crippen molar-refractivity contribution < 1.29 is 23.0 Å². The average Bonchev–Trinajstić information content (AvgIpc) is 2.49. The lowest BCUT2D eigenvalue weighted by atomic mass is 10.1. The van der Waals surface area contributed by atoms with Crippen LogP contribution in [0.4, 0.5) is 14.5 Å². The predicted molar refractivity (Wildman–Crippen MR) is 59.5 cm³/mol. The number of hydrogen-bond donors (Lipinski definition) is 2. The second kappa shape index (κ2) is 3.81. The van der Waals surface area contributed by atoms with Gasteiger partial charge in [0, 0.05) is 11.8 Å². The van der Waals surface area contributed by atoms with E-state index in [9.17, 15) is 13.6 Å². The van der Waals surface area contributed by atoms with Crippen LogP contribution in [0.25, 0.3) is 0 Å². The number of nitrogens with one attached hydrogen (secondary N) is 1. The van der Waals surface area contributed by atoms with Gasteiger partial charge in [-0.2, -0.15) is 0 Å². The van der Waals surface area contributed by atoms with Crippen molar-refractivity contribution in [3.8, 4) is 11.5 Å². The molecule has 18 heavy (non-hydrogen) atoms. The van der Waals surface area contributed by atoms with Crippen LogP contribution in [0.15, 0.2) is 18.2 Å². The van der Waals surface area contributed by atoms with E-state index in [4.69, 9.17) is 5.73 Å². The highest BCUT2D eigenvalue weighted by atomic mass is 19.3. The minimum Gasteiger partial charge on any atom is -0.395 e. The van der Waals surface area contributed by atoms with E-state index in [1.807, 2.05) is 0 Å². The van der Waals surface area contributed by atoms with Crippen molar-refractivity contribution in [2.75, 3.05) is 5.32 Å². The van der Waals surface area contributed by atoms with E-state index in [0.29, 0.717) is 5.69 Å². The summed E-state index contributed by atoms with van der Waals surface area (Å²) in [4.78, 5) is 11.6. The molecule has 0 atom stereocenters. The largest absolute Gasteiger partial charge is 0.586 e. The Balaban J connectivity index is 2.17. The standard InChI is InChI=1S/C11H12F2N2O3/c1-10(2,14)9(16)15-6-3-4-7-8(5-6)18-11(12,13)17-7/h3-5H,14H2,1-2H3,(H,15,16). The Morgan fingerprint density at radius 3 is 2.56 bits per heavy atom. The normalized spacial score (nSPS) is 16.5. The zero-order valence-corrected chi connectivity index (χ0v) is 9.79. The molecule has 3 N–H and O–H groups in total. The summed E-state index contributed by atoms with van der Waals surface area (Å²) in [6, 6.07) is 3.96. The van der Waals surface area contributed by atoms with E-state index < -0.39 is 17.7 Å². The number of halogens is 2. The number of carbonyl (C=O) groups excluding carboxylic acids is 1. The molecule has 0 radical (unpaired) electrons. The smallest absolute Gasteiger partial charge is 0.395 e. The van der Waals surface area contributed by atoms with Crippen molar-refractivity contribution in [3.05, 3.63) is 18.2 Å². The molecular formula is C11H12F2N2O3. The lowest BCUT2D eigenvalue weighted by Gasteiger charge is -2.17. The van der Waals surface area contributed by atoms with E-state index in [0.717, 1.165) is 0 Å². The molecule has 2 rings (SSSR count). The maximum atomic E-state index is 12.8. The van der Waals surface area contributed by atoms with E-state index in [1.165, 1.54) is 32.0 Å². The van der Waals surface area contributed by atoms with Crippen LogP contribution < -0.4 is 20.5 Å². The maximum absolute atomic E-state index is 12.8. The number of hydrogen-bond acceptors (Lipinski definition) is 4. The Bertz CT molecular complexity index is 498. The topological polar surface area (TPSA) is 73.6 Å². The third-order valence-electron chi connectivity index (χ3n) is 2.24. The Morgan fingerprint density at radius 1 is 1.33 bits per heavy atom. The lowest BCUT2D eigenvalue weighted by molar-refractivity contribution is -0.286. The van der Waals surface area contributed by atoms with Gasteiger partial charge in [-0.1, -0.05) is 0 Å². The summed E-state index contributed by atoms with van der Waals surface area (Å²) >= 11 is 0. The molecule has 1 aromatic rings. The first-order valence-electron chi connectivity index (χ1n) is 5.18. The number of anilines is 1. The average molecular weight is 258 g/mol. The number of fused-ring (bicyclic) bond motifs is 1. The molecule has 1 heterocycles.